The van der Waals surface area contributed by atoms with E-state index in [0.29, 0.717) is 0 Å². The Kier molecular flexibility index (Phi) is 12.8. The number of halogens is 2. The molecule has 0 aliphatic heterocycles. The van der Waals surface area contributed by atoms with Crippen LogP contribution >= 0.6 is 34.2 Å². The maximum Gasteiger partial charge on any atom is 0.103 e. The van der Waals surface area contributed by atoms with Gasteiger partial charge in [0.25, 0.3) is 0 Å². The van der Waals surface area contributed by atoms with Crippen LogP contribution in [0.5, 0.6) is 0 Å². The highest BCUT2D eigenvalue weighted by Crippen LogP contribution is 2.16. The second kappa shape index (κ2) is 12.2. The van der Waals surface area contributed by atoms with Gasteiger partial charge in [0, 0.05) is 0 Å². The average Bonchev–Trinajstić information content (AvgIpc) is 2.21. The maximum absolute atomic E-state index is 5.89. The smallest absolute Gasteiger partial charge is 0.103 e. The van der Waals surface area contributed by atoms with Crippen LogP contribution in [0.15, 0.2) is 11.6 Å². The molecule has 0 aliphatic carbocycles. The van der Waals surface area contributed by atoms with Crippen LogP contribution in [0.1, 0.15) is 71.6 Å². The summed E-state index contributed by atoms with van der Waals surface area (Å²) in [6, 6.07) is 0. The molecule has 1 atom stereocenters. The van der Waals surface area contributed by atoms with Gasteiger partial charge in [0.1, 0.15) is 3.38 Å². The van der Waals surface area contributed by atoms with Crippen molar-refractivity contribution in [1.29, 1.82) is 0 Å². The van der Waals surface area contributed by atoms with Gasteiger partial charge in [-0.25, -0.2) is 0 Å². The zero-order valence-corrected chi connectivity index (χ0v) is 13.7. The van der Waals surface area contributed by atoms with Gasteiger partial charge in [-0.3, -0.25) is 0 Å². The highest BCUT2D eigenvalue weighted by atomic mass is 127. The summed E-state index contributed by atoms with van der Waals surface area (Å²) < 4.78 is 0.159. The summed E-state index contributed by atoms with van der Waals surface area (Å²) in [7, 11) is 0. The van der Waals surface area contributed by atoms with Gasteiger partial charge in [-0.2, -0.15) is 0 Å². The van der Waals surface area contributed by atoms with Gasteiger partial charge in [-0.05, 0) is 19.8 Å². The van der Waals surface area contributed by atoms with Crippen molar-refractivity contribution in [3.63, 3.8) is 0 Å². The molecule has 0 saturated carbocycles. The topological polar surface area (TPSA) is 0 Å². The standard InChI is InChI=1S/C14H26ClI/c1-3-4-5-6-7-8-9-10-11-13(2)12-14(15)16/h12,14H,3-11H2,1-2H3. The molecule has 0 spiro atoms. The molecular weight excluding hydrogens is 331 g/mol. The lowest BCUT2D eigenvalue weighted by Crippen LogP contribution is -1.85. The van der Waals surface area contributed by atoms with Crippen LogP contribution in [0.4, 0.5) is 0 Å². The summed E-state index contributed by atoms with van der Waals surface area (Å²) in [5, 5.41) is 0. The molecule has 0 aliphatic rings. The van der Waals surface area contributed by atoms with E-state index in [1.165, 1.54) is 63.4 Å². The van der Waals surface area contributed by atoms with E-state index in [0.717, 1.165) is 0 Å². The summed E-state index contributed by atoms with van der Waals surface area (Å²) in [4.78, 5) is 0. The van der Waals surface area contributed by atoms with Crippen LogP contribution < -0.4 is 0 Å². The normalized spacial score (nSPS) is 14.1. The Balaban J connectivity index is 3.21. The Morgan fingerprint density at radius 1 is 1.06 bits per heavy atom. The molecule has 0 aromatic carbocycles. The second-order valence-electron chi connectivity index (χ2n) is 4.57. The zero-order valence-electron chi connectivity index (χ0n) is 10.8. The highest BCUT2D eigenvalue weighted by molar-refractivity contribution is 14.1. The van der Waals surface area contributed by atoms with Gasteiger partial charge in [0.15, 0.2) is 0 Å². The minimum absolute atomic E-state index is 0.159. The van der Waals surface area contributed by atoms with Gasteiger partial charge in [-0.15, -0.1) is 11.6 Å². The fourth-order valence-corrected chi connectivity index (χ4v) is 2.67. The first kappa shape index (κ1) is 16.8. The first-order valence-corrected chi connectivity index (χ1v) is 8.30. The Bertz CT molecular complexity index is 176. The van der Waals surface area contributed by atoms with Gasteiger partial charge in [0.05, 0.1) is 0 Å². The van der Waals surface area contributed by atoms with Gasteiger partial charge in [-0.1, -0.05) is 86.1 Å². The Hall–Kier alpha value is 0.760. The molecule has 0 fully saturated rings. The molecule has 0 N–H and O–H groups in total. The third-order valence-electron chi connectivity index (χ3n) is 2.84. The Labute approximate surface area is 120 Å². The summed E-state index contributed by atoms with van der Waals surface area (Å²) >= 11 is 8.13. The summed E-state index contributed by atoms with van der Waals surface area (Å²) in [5.41, 5.74) is 1.44. The maximum atomic E-state index is 5.89. The van der Waals surface area contributed by atoms with Crippen LogP contribution in [0.3, 0.4) is 0 Å². The third kappa shape index (κ3) is 12.8. The quantitative estimate of drug-likeness (QED) is 0.182. The predicted octanol–water partition coefficient (Wildman–Crippen LogP) is 6.46. The van der Waals surface area contributed by atoms with Crippen molar-refractivity contribution in [2.24, 2.45) is 0 Å². The largest absolute Gasteiger partial charge is 0.107 e. The van der Waals surface area contributed by atoms with Gasteiger partial charge >= 0.3 is 0 Å². The fourth-order valence-electron chi connectivity index (χ4n) is 1.84. The average molecular weight is 357 g/mol. The molecule has 0 bridgehead atoms. The molecule has 0 aromatic heterocycles. The first-order valence-electron chi connectivity index (χ1n) is 6.62. The van der Waals surface area contributed by atoms with E-state index >= 15 is 0 Å². The summed E-state index contributed by atoms with van der Waals surface area (Å²) in [5.74, 6) is 0. The minimum Gasteiger partial charge on any atom is -0.107 e. The monoisotopic (exact) mass is 356 g/mol. The lowest BCUT2D eigenvalue weighted by atomic mass is 10.0. The van der Waals surface area contributed by atoms with E-state index in [1.807, 2.05) is 0 Å². The van der Waals surface area contributed by atoms with Crippen molar-refractivity contribution in [2.75, 3.05) is 0 Å². The molecule has 16 heavy (non-hydrogen) atoms. The van der Waals surface area contributed by atoms with E-state index in [-0.39, 0.29) is 3.38 Å². The first-order chi connectivity index (χ1) is 7.66. The number of allylic oxidation sites excluding steroid dienone is 2. The van der Waals surface area contributed by atoms with E-state index in [9.17, 15) is 0 Å². The fraction of sp³-hybridized carbons (Fsp3) is 0.857. The molecule has 0 heterocycles. The molecular formula is C14H26ClI. The number of alkyl halides is 2. The number of unbranched alkanes of at least 4 members (excludes halogenated alkanes) is 7. The Morgan fingerprint density at radius 2 is 1.56 bits per heavy atom. The van der Waals surface area contributed by atoms with Gasteiger partial charge in [0.2, 0.25) is 0 Å². The van der Waals surface area contributed by atoms with Gasteiger partial charge < -0.3 is 0 Å². The van der Waals surface area contributed by atoms with Crippen molar-refractivity contribution in [3.05, 3.63) is 11.6 Å². The molecule has 0 nitrogen and oxygen atoms in total. The SMILES string of the molecule is CCCCCCCCCCC(C)=CC(Cl)I. The van der Waals surface area contributed by atoms with Crippen LogP contribution in [0.25, 0.3) is 0 Å². The highest BCUT2D eigenvalue weighted by Gasteiger charge is 1.96. The summed E-state index contributed by atoms with van der Waals surface area (Å²) in [6.07, 6.45) is 14.5. The predicted molar refractivity (Wildman–Crippen MR) is 84.6 cm³/mol. The van der Waals surface area contributed by atoms with Crippen LogP contribution in [0, 0.1) is 0 Å². The second-order valence-corrected chi connectivity index (χ2v) is 7.12. The molecule has 96 valence electrons. The minimum atomic E-state index is 0.159. The van der Waals surface area contributed by atoms with E-state index < -0.39 is 0 Å². The van der Waals surface area contributed by atoms with Crippen LogP contribution in [0.2, 0.25) is 0 Å². The zero-order chi connectivity index (χ0) is 12.2. The molecule has 0 amide bonds. The number of hydrogen-bond donors (Lipinski definition) is 0. The van der Waals surface area contributed by atoms with Crippen molar-refractivity contribution < 1.29 is 0 Å². The van der Waals surface area contributed by atoms with E-state index in [2.05, 4.69) is 42.5 Å². The lowest BCUT2D eigenvalue weighted by Gasteiger charge is -2.03. The van der Waals surface area contributed by atoms with Crippen molar-refractivity contribution in [3.8, 4) is 0 Å². The molecule has 2 heteroatoms. The Morgan fingerprint density at radius 3 is 2.06 bits per heavy atom. The van der Waals surface area contributed by atoms with Crippen molar-refractivity contribution in [2.45, 2.75) is 75.0 Å². The van der Waals surface area contributed by atoms with Crippen molar-refractivity contribution >= 4 is 34.2 Å². The lowest BCUT2D eigenvalue weighted by molar-refractivity contribution is 0.575. The van der Waals surface area contributed by atoms with Crippen LogP contribution in [-0.2, 0) is 0 Å². The number of hydrogen-bond acceptors (Lipinski definition) is 0. The van der Waals surface area contributed by atoms with Crippen molar-refractivity contribution in [1.82, 2.24) is 0 Å². The summed E-state index contributed by atoms with van der Waals surface area (Å²) in [6.45, 7) is 4.46. The molecule has 0 rings (SSSR count). The molecule has 1 unspecified atom stereocenters. The van der Waals surface area contributed by atoms with E-state index in [4.69, 9.17) is 11.6 Å². The van der Waals surface area contributed by atoms with E-state index in [1.54, 1.807) is 0 Å². The third-order valence-corrected chi connectivity index (χ3v) is 3.32. The number of rotatable bonds is 10. The molecule has 0 radical (unpaired) electrons. The molecule has 0 saturated heterocycles. The molecule has 0 aromatic rings. The van der Waals surface area contributed by atoms with Crippen LogP contribution in [-0.4, -0.2) is 3.38 Å².